The molecule has 4 aromatic rings. The van der Waals surface area contributed by atoms with Crippen molar-refractivity contribution in [2.24, 2.45) is 7.05 Å². The molecule has 34 heavy (non-hydrogen) atoms. The van der Waals surface area contributed by atoms with Crippen LogP contribution in [0.2, 0.25) is 0 Å². The van der Waals surface area contributed by atoms with Crippen LogP contribution >= 0.6 is 0 Å². The van der Waals surface area contributed by atoms with Crippen molar-refractivity contribution < 1.29 is 4.79 Å². The molecular formula is C27H30N6O. The number of amides is 1. The Bertz CT molecular complexity index is 1310. The molecule has 0 atom stereocenters. The van der Waals surface area contributed by atoms with E-state index in [1.165, 1.54) is 0 Å². The lowest BCUT2D eigenvalue weighted by atomic mass is 10.2. The topological polar surface area (TPSA) is 84.7 Å². The Morgan fingerprint density at radius 3 is 2.44 bits per heavy atom. The van der Waals surface area contributed by atoms with E-state index >= 15 is 0 Å². The maximum absolute atomic E-state index is 12.3. The Morgan fingerprint density at radius 1 is 1.03 bits per heavy atom. The van der Waals surface area contributed by atoms with Gasteiger partial charge in [0.1, 0.15) is 11.0 Å². The summed E-state index contributed by atoms with van der Waals surface area (Å²) in [4.78, 5) is 21.9. The number of hydrogen-bond donors (Lipinski definition) is 2. The number of nitrogens with one attached hydrogen (secondary N) is 2. The number of aryl methyl sites for hydroxylation is 2. The van der Waals surface area contributed by atoms with Crippen LogP contribution in [0, 0.1) is 0 Å². The quantitative estimate of drug-likeness (QED) is 0.374. The number of carbonyl (C=O) groups excluding carboxylic acids is 1. The van der Waals surface area contributed by atoms with Gasteiger partial charge in [0, 0.05) is 24.3 Å². The van der Waals surface area contributed by atoms with Crippen LogP contribution in [0.25, 0.3) is 23.2 Å². The second-order valence-electron chi connectivity index (χ2n) is 8.52. The highest BCUT2D eigenvalue weighted by molar-refractivity contribution is 5.95. The minimum atomic E-state index is -0.0878. The molecule has 2 heterocycles. The molecule has 7 nitrogen and oxygen atoms in total. The molecule has 2 aromatic carbocycles. The molecule has 7 heteroatoms. The molecule has 0 aliphatic carbocycles. The number of nitrogens with zero attached hydrogens (tertiary/aromatic N) is 4. The van der Waals surface area contributed by atoms with Gasteiger partial charge in [-0.25, -0.2) is 9.97 Å². The fourth-order valence-electron chi connectivity index (χ4n) is 3.75. The van der Waals surface area contributed by atoms with E-state index in [0.717, 1.165) is 40.8 Å². The monoisotopic (exact) mass is 454 g/mol. The van der Waals surface area contributed by atoms with Crippen LogP contribution in [0.3, 0.4) is 0 Å². The molecule has 2 N–H and O–H groups in total. The molecule has 174 valence electrons. The molecule has 0 aliphatic heterocycles. The van der Waals surface area contributed by atoms with Crippen molar-refractivity contribution in [2.75, 3.05) is 5.32 Å². The largest absolute Gasteiger partial charge is 0.350 e. The Balaban J connectivity index is 1.70. The maximum Gasteiger partial charge on any atom is 0.251 e. The van der Waals surface area contributed by atoms with E-state index in [1.54, 1.807) is 12.1 Å². The van der Waals surface area contributed by atoms with Gasteiger partial charge in [-0.05, 0) is 56.2 Å². The molecular weight excluding hydrogens is 424 g/mol. The van der Waals surface area contributed by atoms with Crippen molar-refractivity contribution in [1.29, 1.82) is 0 Å². The summed E-state index contributed by atoms with van der Waals surface area (Å²) in [6.07, 6.45) is 5.74. The van der Waals surface area contributed by atoms with E-state index in [2.05, 4.69) is 17.6 Å². The van der Waals surface area contributed by atoms with Gasteiger partial charge in [-0.15, -0.1) is 0 Å². The third kappa shape index (κ3) is 5.31. The van der Waals surface area contributed by atoms with Crippen LogP contribution in [-0.4, -0.2) is 31.7 Å². The van der Waals surface area contributed by atoms with Crippen molar-refractivity contribution in [3.05, 3.63) is 77.2 Å². The van der Waals surface area contributed by atoms with Crippen molar-refractivity contribution in [3.8, 4) is 0 Å². The molecule has 1 amide bonds. The molecule has 0 saturated carbocycles. The summed E-state index contributed by atoms with van der Waals surface area (Å²) in [5, 5.41) is 11.0. The van der Waals surface area contributed by atoms with E-state index < -0.39 is 0 Å². The third-order valence-corrected chi connectivity index (χ3v) is 5.31. The van der Waals surface area contributed by atoms with Gasteiger partial charge in [0.2, 0.25) is 0 Å². The van der Waals surface area contributed by atoms with Crippen LogP contribution in [-0.2, 0) is 13.5 Å². The fraction of sp³-hybridized carbons (Fsp3) is 0.259. The highest BCUT2D eigenvalue weighted by Gasteiger charge is 2.17. The molecule has 0 fully saturated rings. The molecule has 0 spiro atoms. The number of anilines is 2. The zero-order chi connectivity index (χ0) is 24.1. The number of benzene rings is 2. The first-order chi connectivity index (χ1) is 16.4. The SMILES string of the molecule is CCCc1nn(C)c2c(Nc3ccc(C(=O)NC(C)C)cc3)nc(/C=C/c3ccccc3)nc12. The first kappa shape index (κ1) is 23.2. The van der Waals surface area contributed by atoms with Crippen LogP contribution in [0.4, 0.5) is 11.5 Å². The molecule has 4 rings (SSSR count). The van der Waals surface area contributed by atoms with Crippen molar-refractivity contribution >= 4 is 40.6 Å². The van der Waals surface area contributed by atoms with Crippen molar-refractivity contribution in [1.82, 2.24) is 25.1 Å². The molecule has 0 aliphatic rings. The molecule has 0 saturated heterocycles. The van der Waals surface area contributed by atoms with Crippen molar-refractivity contribution in [3.63, 3.8) is 0 Å². The van der Waals surface area contributed by atoms with Gasteiger partial charge in [-0.2, -0.15) is 5.10 Å². The van der Waals surface area contributed by atoms with E-state index in [9.17, 15) is 4.79 Å². The minimum Gasteiger partial charge on any atom is -0.350 e. The van der Waals surface area contributed by atoms with Crippen LogP contribution in [0.1, 0.15) is 54.6 Å². The summed E-state index contributed by atoms with van der Waals surface area (Å²) >= 11 is 0. The van der Waals surface area contributed by atoms with E-state index in [-0.39, 0.29) is 11.9 Å². The minimum absolute atomic E-state index is 0.0872. The molecule has 0 bridgehead atoms. The summed E-state index contributed by atoms with van der Waals surface area (Å²) in [7, 11) is 1.91. The van der Waals surface area contributed by atoms with Gasteiger partial charge in [0.25, 0.3) is 5.91 Å². The Labute approximate surface area is 199 Å². The summed E-state index contributed by atoms with van der Waals surface area (Å²) in [6.45, 7) is 6.02. The first-order valence-corrected chi connectivity index (χ1v) is 11.6. The lowest BCUT2D eigenvalue weighted by Crippen LogP contribution is -2.29. The van der Waals surface area contributed by atoms with E-state index in [1.807, 2.05) is 80.2 Å². The number of hydrogen-bond acceptors (Lipinski definition) is 5. The van der Waals surface area contributed by atoms with Gasteiger partial charge in [0.15, 0.2) is 11.6 Å². The number of rotatable bonds is 8. The Morgan fingerprint density at radius 2 is 1.76 bits per heavy atom. The molecule has 2 aromatic heterocycles. The average molecular weight is 455 g/mol. The van der Waals surface area contributed by atoms with Gasteiger partial charge in [0.05, 0.1) is 5.69 Å². The highest BCUT2D eigenvalue weighted by atomic mass is 16.1. The van der Waals surface area contributed by atoms with Crippen LogP contribution in [0.5, 0.6) is 0 Å². The maximum atomic E-state index is 12.3. The number of aromatic nitrogens is 4. The predicted molar refractivity (Wildman–Crippen MR) is 138 cm³/mol. The van der Waals surface area contributed by atoms with E-state index in [0.29, 0.717) is 17.2 Å². The predicted octanol–water partition coefficient (Wildman–Crippen LogP) is 5.37. The summed E-state index contributed by atoms with van der Waals surface area (Å²) in [5.41, 5.74) is 5.18. The van der Waals surface area contributed by atoms with Gasteiger partial charge in [-0.1, -0.05) is 49.8 Å². The standard InChI is InChI=1S/C27H30N6O/c1-5-9-22-24-25(33(4)32-22)26(31-23(30-24)17-12-19-10-7-6-8-11-19)29-21-15-13-20(14-16-21)27(34)28-18(2)3/h6-8,10-18H,5,9H2,1-4H3,(H,28,34)(H,29,30,31)/b17-12+. The Kier molecular flexibility index (Phi) is 7.01. The van der Waals surface area contributed by atoms with Crippen LogP contribution in [0.15, 0.2) is 54.6 Å². The van der Waals surface area contributed by atoms with Gasteiger partial charge in [-0.3, -0.25) is 9.48 Å². The second-order valence-corrected chi connectivity index (χ2v) is 8.52. The normalized spacial score (nSPS) is 11.4. The lowest BCUT2D eigenvalue weighted by molar-refractivity contribution is 0.0943. The smallest absolute Gasteiger partial charge is 0.251 e. The van der Waals surface area contributed by atoms with E-state index in [4.69, 9.17) is 15.1 Å². The average Bonchev–Trinajstić information content (AvgIpc) is 3.14. The fourth-order valence-corrected chi connectivity index (χ4v) is 3.75. The highest BCUT2D eigenvalue weighted by Crippen LogP contribution is 2.27. The van der Waals surface area contributed by atoms with Gasteiger partial charge >= 0.3 is 0 Å². The summed E-state index contributed by atoms with van der Waals surface area (Å²) in [5.74, 6) is 1.20. The molecule has 0 unspecified atom stereocenters. The molecule has 0 radical (unpaired) electrons. The lowest BCUT2D eigenvalue weighted by Gasteiger charge is -2.11. The zero-order valence-corrected chi connectivity index (χ0v) is 20.0. The zero-order valence-electron chi connectivity index (χ0n) is 20.0. The third-order valence-electron chi connectivity index (χ3n) is 5.31. The summed E-state index contributed by atoms with van der Waals surface area (Å²) in [6, 6.07) is 17.5. The van der Waals surface area contributed by atoms with Crippen LogP contribution < -0.4 is 10.6 Å². The summed E-state index contributed by atoms with van der Waals surface area (Å²) < 4.78 is 1.83. The number of fused-ring (bicyclic) bond motifs is 1. The first-order valence-electron chi connectivity index (χ1n) is 11.6. The number of carbonyl (C=O) groups is 1. The second kappa shape index (κ2) is 10.3. The van der Waals surface area contributed by atoms with Crippen molar-refractivity contribution in [2.45, 2.75) is 39.7 Å². The Hall–Kier alpha value is -4.00. The van der Waals surface area contributed by atoms with Gasteiger partial charge < -0.3 is 10.6 Å².